The van der Waals surface area contributed by atoms with Crippen LogP contribution >= 0.6 is 0 Å². The lowest BCUT2D eigenvalue weighted by Gasteiger charge is -2.41. The second-order valence-electron chi connectivity index (χ2n) is 17.5. The molecular weight excluding hydrogens is 775 g/mol. The molecular formula is C61H37N3. The topological polar surface area (TPSA) is 38.7 Å². The minimum Gasteiger partial charge on any atom is -0.253 e. The van der Waals surface area contributed by atoms with Gasteiger partial charge in [0.25, 0.3) is 0 Å². The Hall–Kier alpha value is -8.27. The Labute approximate surface area is 369 Å². The van der Waals surface area contributed by atoms with Crippen LogP contribution in [0.15, 0.2) is 235 Å². The van der Waals surface area contributed by atoms with Crippen LogP contribution in [0.5, 0.6) is 0 Å². The van der Waals surface area contributed by atoms with E-state index in [1.165, 1.54) is 76.7 Å². The van der Waals surface area contributed by atoms with Gasteiger partial charge in [-0.25, -0.2) is 9.97 Å². The molecule has 3 heterocycles. The lowest BCUT2D eigenvalue weighted by Crippen LogP contribution is -2.29. The Kier molecular flexibility index (Phi) is 7.52. The molecule has 296 valence electrons. The van der Waals surface area contributed by atoms with Crippen LogP contribution in [0.4, 0.5) is 0 Å². The van der Waals surface area contributed by atoms with E-state index in [2.05, 4.69) is 200 Å². The molecule has 3 heteroatoms. The van der Waals surface area contributed by atoms with Gasteiger partial charge in [0.2, 0.25) is 0 Å². The average molecular weight is 812 g/mol. The molecule has 64 heavy (non-hydrogen) atoms. The van der Waals surface area contributed by atoms with E-state index in [0.717, 1.165) is 55.4 Å². The number of nitrogens with zero attached hydrogens (tertiary/aromatic N) is 3. The molecule has 0 bridgehead atoms. The van der Waals surface area contributed by atoms with Crippen LogP contribution in [0.3, 0.4) is 0 Å². The summed E-state index contributed by atoms with van der Waals surface area (Å²) < 4.78 is 0. The molecule has 0 saturated carbocycles. The fourth-order valence-electron chi connectivity index (χ4n) is 11.0. The number of allylic oxidation sites excluding steroid dienone is 14. The first kappa shape index (κ1) is 35.3. The van der Waals surface area contributed by atoms with Gasteiger partial charge in [-0.3, -0.25) is 4.98 Å². The van der Waals surface area contributed by atoms with Crippen molar-refractivity contribution < 1.29 is 0 Å². The highest BCUT2D eigenvalue weighted by molar-refractivity contribution is 6.31. The van der Waals surface area contributed by atoms with Crippen LogP contribution in [-0.2, 0) is 0 Å². The molecule has 0 saturated heterocycles. The number of pyridine rings is 3. The van der Waals surface area contributed by atoms with Gasteiger partial charge in [0.1, 0.15) is 0 Å². The first-order valence-electron chi connectivity index (χ1n) is 22.2. The summed E-state index contributed by atoms with van der Waals surface area (Å²) in [6.07, 6.45) is 20.8. The molecule has 2 atom stereocenters. The molecule has 0 radical (unpaired) electrons. The van der Waals surface area contributed by atoms with E-state index in [4.69, 9.17) is 15.0 Å². The Morgan fingerprint density at radius 3 is 1.88 bits per heavy atom. The number of rotatable bonds is 4. The maximum atomic E-state index is 5.52. The van der Waals surface area contributed by atoms with E-state index < -0.39 is 0 Å². The number of hydrogen-bond acceptors (Lipinski definition) is 3. The van der Waals surface area contributed by atoms with E-state index in [1.54, 1.807) is 0 Å². The maximum Gasteiger partial charge on any atom is 0.0972 e. The van der Waals surface area contributed by atoms with Gasteiger partial charge in [-0.2, -0.15) is 0 Å². The van der Waals surface area contributed by atoms with Gasteiger partial charge < -0.3 is 0 Å². The van der Waals surface area contributed by atoms with Crippen molar-refractivity contribution in [2.75, 3.05) is 0 Å². The molecule has 10 aromatic rings. The minimum atomic E-state index is 0.249. The second-order valence-corrected chi connectivity index (χ2v) is 17.5. The molecule has 2 unspecified atom stereocenters. The zero-order valence-electron chi connectivity index (χ0n) is 34.7. The zero-order valence-corrected chi connectivity index (χ0v) is 34.7. The predicted octanol–water partition coefficient (Wildman–Crippen LogP) is 15.1. The zero-order chi connectivity index (χ0) is 41.9. The molecule has 7 aromatic carbocycles. The lowest BCUT2D eigenvalue weighted by molar-refractivity contribution is 0.568. The normalized spacial score (nSPS) is 17.6. The SMILES string of the molecule is C1=CC2=CC=C(c3cnc4c(ccc5ccc(-c6ccccc6)nc54)c3)C3=CC=C4C=C(c5ccc(-c6nc7c8ccccc8c8ccccc8c7c7ccccc67)cc5)C=C1C4C23. The van der Waals surface area contributed by atoms with Crippen molar-refractivity contribution in [3.05, 3.63) is 246 Å². The third-order valence-corrected chi connectivity index (χ3v) is 14.0. The summed E-state index contributed by atoms with van der Waals surface area (Å²) in [6.45, 7) is 0. The molecule has 4 aliphatic rings. The van der Waals surface area contributed by atoms with Gasteiger partial charge in [-0.15, -0.1) is 0 Å². The van der Waals surface area contributed by atoms with Crippen molar-refractivity contribution >= 4 is 76.2 Å². The van der Waals surface area contributed by atoms with Crippen molar-refractivity contribution in [1.82, 2.24) is 15.0 Å². The smallest absolute Gasteiger partial charge is 0.0972 e. The number of benzene rings is 7. The van der Waals surface area contributed by atoms with Gasteiger partial charge >= 0.3 is 0 Å². The van der Waals surface area contributed by atoms with Crippen molar-refractivity contribution in [3.63, 3.8) is 0 Å². The van der Waals surface area contributed by atoms with Gasteiger partial charge in [0, 0.05) is 61.7 Å². The highest BCUT2D eigenvalue weighted by atomic mass is 14.8. The first-order chi connectivity index (χ1) is 31.7. The van der Waals surface area contributed by atoms with Crippen molar-refractivity contribution in [2.45, 2.75) is 0 Å². The molecule has 0 amide bonds. The van der Waals surface area contributed by atoms with E-state index in [9.17, 15) is 0 Å². The first-order valence-corrected chi connectivity index (χ1v) is 22.2. The molecule has 14 rings (SSSR count). The Morgan fingerprint density at radius 1 is 0.391 bits per heavy atom. The van der Waals surface area contributed by atoms with Crippen LogP contribution in [0.2, 0.25) is 0 Å². The summed E-state index contributed by atoms with van der Waals surface area (Å²) in [6, 6.07) is 56.5. The van der Waals surface area contributed by atoms with Crippen molar-refractivity contribution in [3.8, 4) is 22.5 Å². The van der Waals surface area contributed by atoms with Crippen LogP contribution in [0, 0.1) is 11.8 Å². The fraction of sp³-hybridized carbons (Fsp3) is 0.0328. The molecule has 0 fully saturated rings. The summed E-state index contributed by atoms with van der Waals surface area (Å²) in [5.74, 6) is 0.513. The van der Waals surface area contributed by atoms with Crippen molar-refractivity contribution in [1.29, 1.82) is 0 Å². The van der Waals surface area contributed by atoms with Crippen LogP contribution < -0.4 is 0 Å². The standard InChI is InChI=1S/C61H37N3/c1-2-10-37(11-3-1)54-31-28-40-23-25-43-34-45(35-62-59(43)60(40)63-54)46-29-26-38-20-24-41-32-44(33-42-27-30-51(46)56(38)55(41)42)36-18-21-39(22-19-36)58-53-17-9-7-15-50(53)57-49-14-6-4-12-47(49)48-13-5-8-16-52(48)61(57)64-58/h1-35,55-56H. The highest BCUT2D eigenvalue weighted by Crippen LogP contribution is 2.53. The number of fused-ring (bicyclic) bond motifs is 11. The summed E-state index contributed by atoms with van der Waals surface area (Å²) in [5.41, 5.74) is 17.3. The van der Waals surface area contributed by atoms with Gasteiger partial charge in [0.05, 0.1) is 27.9 Å². The number of hydrogen-bond donors (Lipinski definition) is 0. The molecule has 3 nitrogen and oxygen atoms in total. The van der Waals surface area contributed by atoms with Crippen LogP contribution in [-0.4, -0.2) is 15.0 Å². The Bertz CT molecular complexity index is 3930. The van der Waals surface area contributed by atoms with E-state index in [-0.39, 0.29) is 11.8 Å². The Morgan fingerprint density at radius 2 is 1.05 bits per heavy atom. The summed E-state index contributed by atoms with van der Waals surface area (Å²) in [4.78, 5) is 15.7. The molecule has 4 aliphatic carbocycles. The molecule has 0 aliphatic heterocycles. The third-order valence-electron chi connectivity index (χ3n) is 14.0. The van der Waals surface area contributed by atoms with Crippen LogP contribution in [0.1, 0.15) is 11.1 Å². The quantitative estimate of drug-likeness (QED) is 0.166. The third kappa shape index (κ3) is 5.25. The van der Waals surface area contributed by atoms with Gasteiger partial charge in [-0.05, 0) is 72.7 Å². The molecule has 3 aromatic heterocycles. The van der Waals surface area contributed by atoms with Crippen LogP contribution in [0.25, 0.3) is 98.7 Å². The minimum absolute atomic E-state index is 0.249. The Balaban J connectivity index is 0.825. The number of aromatic nitrogens is 3. The summed E-state index contributed by atoms with van der Waals surface area (Å²) >= 11 is 0. The summed E-state index contributed by atoms with van der Waals surface area (Å²) in [5, 5.41) is 10.7. The summed E-state index contributed by atoms with van der Waals surface area (Å²) in [7, 11) is 0. The molecule has 0 N–H and O–H groups in total. The maximum absolute atomic E-state index is 5.52. The van der Waals surface area contributed by atoms with Gasteiger partial charge in [-0.1, -0.05) is 194 Å². The largest absolute Gasteiger partial charge is 0.253 e. The van der Waals surface area contributed by atoms with Gasteiger partial charge in [0.15, 0.2) is 0 Å². The van der Waals surface area contributed by atoms with Crippen molar-refractivity contribution in [2.24, 2.45) is 11.8 Å². The molecule has 0 spiro atoms. The van der Waals surface area contributed by atoms with E-state index >= 15 is 0 Å². The lowest BCUT2D eigenvalue weighted by atomic mass is 9.62. The van der Waals surface area contributed by atoms with E-state index in [0.29, 0.717) is 0 Å². The highest BCUT2D eigenvalue weighted by Gasteiger charge is 2.40. The van der Waals surface area contributed by atoms with E-state index in [1.807, 2.05) is 12.3 Å². The fourth-order valence-corrected chi connectivity index (χ4v) is 11.0. The average Bonchev–Trinajstić information content (AvgIpc) is 3.37. The predicted molar refractivity (Wildman–Crippen MR) is 267 cm³/mol. The second kappa shape index (κ2) is 13.6. The monoisotopic (exact) mass is 811 g/mol.